The number of hydrogen-bond donors (Lipinski definition) is 0. The lowest BCUT2D eigenvalue weighted by atomic mass is 10.2. The highest BCUT2D eigenvalue weighted by Crippen LogP contribution is 2.25. The Morgan fingerprint density at radius 2 is 1.81 bits per heavy atom. The Balaban J connectivity index is 2.30. The molecule has 0 fully saturated rings. The van der Waals surface area contributed by atoms with Gasteiger partial charge in [-0.3, -0.25) is 4.79 Å². The zero-order valence-electron chi connectivity index (χ0n) is 15.1. The molecule has 0 aliphatic heterocycles. The fourth-order valence-corrected chi connectivity index (χ4v) is 4.42. The van der Waals surface area contributed by atoms with Crippen LogP contribution in [-0.4, -0.2) is 20.1 Å². The molecular formula is C20H20ClNO4S. The van der Waals surface area contributed by atoms with Gasteiger partial charge in [0, 0.05) is 17.8 Å². The summed E-state index contributed by atoms with van der Waals surface area (Å²) in [7, 11) is -2.47. The highest BCUT2D eigenvalue weighted by Gasteiger charge is 2.24. The molecule has 142 valence electrons. The number of unbranched alkanes of at least 4 members (excludes halogenated alkanes) is 1. The number of benzene rings is 2. The minimum Gasteiger partial charge on any atom is -0.497 e. The van der Waals surface area contributed by atoms with Crippen molar-refractivity contribution in [2.75, 3.05) is 7.11 Å². The van der Waals surface area contributed by atoms with Gasteiger partial charge >= 0.3 is 0 Å². The molecule has 0 aliphatic rings. The molecule has 1 heterocycles. The monoisotopic (exact) mass is 405 g/mol. The van der Waals surface area contributed by atoms with Crippen molar-refractivity contribution >= 4 is 32.3 Å². The van der Waals surface area contributed by atoms with E-state index < -0.39 is 15.3 Å². The highest BCUT2D eigenvalue weighted by molar-refractivity contribution is 7.91. The molecule has 0 unspecified atom stereocenters. The van der Waals surface area contributed by atoms with Crippen molar-refractivity contribution in [1.29, 1.82) is 0 Å². The first kappa shape index (κ1) is 19.5. The smallest absolute Gasteiger partial charge is 0.211 e. The van der Waals surface area contributed by atoms with Crippen LogP contribution in [0.2, 0.25) is 5.02 Å². The Kier molecular flexibility index (Phi) is 5.58. The Morgan fingerprint density at radius 3 is 2.44 bits per heavy atom. The van der Waals surface area contributed by atoms with Crippen molar-refractivity contribution in [3.63, 3.8) is 0 Å². The molecule has 7 heteroatoms. The van der Waals surface area contributed by atoms with Crippen LogP contribution in [0.4, 0.5) is 0 Å². The third-order valence-electron chi connectivity index (χ3n) is 4.42. The Morgan fingerprint density at radius 1 is 1.11 bits per heavy atom. The summed E-state index contributed by atoms with van der Waals surface area (Å²) in [6.45, 7) is 2.67. The lowest BCUT2D eigenvalue weighted by Crippen LogP contribution is -2.19. The van der Waals surface area contributed by atoms with Crippen molar-refractivity contribution in [2.45, 2.75) is 36.1 Å². The average Bonchev–Trinajstić information content (AvgIpc) is 2.67. The summed E-state index contributed by atoms with van der Waals surface area (Å²) in [5.74, 6) is 0.502. The van der Waals surface area contributed by atoms with Gasteiger partial charge < -0.3 is 9.30 Å². The SMILES string of the molecule is CCCCn1cc(S(=O)(=O)c2ccc(Cl)cc2)c(=O)c2cc(OC)ccc21. The molecule has 0 atom stereocenters. The van der Waals surface area contributed by atoms with E-state index in [9.17, 15) is 13.2 Å². The predicted octanol–water partition coefficient (Wildman–Crippen LogP) is 4.30. The quantitative estimate of drug-likeness (QED) is 0.613. The number of hydrogen-bond acceptors (Lipinski definition) is 4. The van der Waals surface area contributed by atoms with E-state index in [1.165, 1.54) is 37.6 Å². The van der Waals surface area contributed by atoms with Gasteiger partial charge in [0.15, 0.2) is 0 Å². The summed E-state index contributed by atoms with van der Waals surface area (Å²) >= 11 is 5.86. The van der Waals surface area contributed by atoms with Gasteiger partial charge in [-0.15, -0.1) is 0 Å². The number of ether oxygens (including phenoxy) is 1. The number of aromatic nitrogens is 1. The molecule has 0 amide bonds. The molecule has 27 heavy (non-hydrogen) atoms. The molecular weight excluding hydrogens is 386 g/mol. The average molecular weight is 406 g/mol. The zero-order valence-corrected chi connectivity index (χ0v) is 16.7. The van der Waals surface area contributed by atoms with Crippen LogP contribution in [0.3, 0.4) is 0 Å². The van der Waals surface area contributed by atoms with Crippen LogP contribution in [0.15, 0.2) is 63.2 Å². The van der Waals surface area contributed by atoms with Crippen LogP contribution < -0.4 is 10.2 Å². The fraction of sp³-hybridized carbons (Fsp3) is 0.250. The highest BCUT2D eigenvalue weighted by atomic mass is 35.5. The summed E-state index contributed by atoms with van der Waals surface area (Å²) in [5, 5.41) is 0.748. The van der Waals surface area contributed by atoms with Crippen LogP contribution in [-0.2, 0) is 16.4 Å². The van der Waals surface area contributed by atoms with E-state index in [4.69, 9.17) is 16.3 Å². The third kappa shape index (κ3) is 3.73. The topological polar surface area (TPSA) is 65.4 Å². The van der Waals surface area contributed by atoms with E-state index in [1.54, 1.807) is 18.2 Å². The third-order valence-corrected chi connectivity index (χ3v) is 6.44. The summed E-state index contributed by atoms with van der Waals surface area (Å²) in [6.07, 6.45) is 3.25. The van der Waals surface area contributed by atoms with Crippen LogP contribution in [0.5, 0.6) is 5.75 Å². The maximum atomic E-state index is 13.1. The summed E-state index contributed by atoms with van der Waals surface area (Å²) in [5.41, 5.74) is 0.149. The number of aryl methyl sites for hydroxylation is 1. The van der Waals surface area contributed by atoms with Gasteiger partial charge in [-0.1, -0.05) is 24.9 Å². The summed E-state index contributed by atoms with van der Waals surface area (Å²) < 4.78 is 33.2. The van der Waals surface area contributed by atoms with E-state index in [0.717, 1.165) is 12.8 Å². The molecule has 0 saturated carbocycles. The Bertz CT molecular complexity index is 1140. The van der Waals surface area contributed by atoms with Crippen molar-refractivity contribution in [3.8, 4) is 5.75 Å². The van der Waals surface area contributed by atoms with Crippen molar-refractivity contribution in [3.05, 3.63) is 63.9 Å². The molecule has 3 rings (SSSR count). The van der Waals surface area contributed by atoms with Crippen LogP contribution in [0.25, 0.3) is 10.9 Å². The molecule has 5 nitrogen and oxygen atoms in total. The second-order valence-corrected chi connectivity index (χ2v) is 8.56. The first-order valence-corrected chi connectivity index (χ1v) is 10.5. The van der Waals surface area contributed by atoms with Gasteiger partial charge in [-0.05, 0) is 48.9 Å². The fourth-order valence-electron chi connectivity index (χ4n) is 2.92. The first-order chi connectivity index (χ1) is 12.9. The number of fused-ring (bicyclic) bond motifs is 1. The van der Waals surface area contributed by atoms with E-state index in [-0.39, 0.29) is 9.79 Å². The van der Waals surface area contributed by atoms with E-state index in [0.29, 0.717) is 28.2 Å². The van der Waals surface area contributed by atoms with E-state index in [2.05, 4.69) is 6.92 Å². The van der Waals surface area contributed by atoms with Gasteiger partial charge in [0.1, 0.15) is 10.6 Å². The number of halogens is 1. The standard InChI is InChI=1S/C20H20ClNO4S/c1-3-4-11-22-13-19(27(24,25)16-8-5-14(21)6-9-16)20(23)17-12-15(26-2)7-10-18(17)22/h5-10,12-13H,3-4,11H2,1-2H3. The minimum atomic E-state index is -3.98. The van der Waals surface area contributed by atoms with Gasteiger partial charge in [0.2, 0.25) is 15.3 Å². The molecule has 0 N–H and O–H groups in total. The van der Waals surface area contributed by atoms with Crippen molar-refractivity contribution in [2.24, 2.45) is 0 Å². The lowest BCUT2D eigenvalue weighted by molar-refractivity contribution is 0.415. The van der Waals surface area contributed by atoms with Gasteiger partial charge in [0.25, 0.3) is 0 Å². The Hall–Kier alpha value is -2.31. The lowest BCUT2D eigenvalue weighted by Gasteiger charge is -2.14. The maximum Gasteiger partial charge on any atom is 0.211 e. The normalized spacial score (nSPS) is 11.7. The second kappa shape index (κ2) is 7.74. The zero-order chi connectivity index (χ0) is 19.6. The molecule has 0 aliphatic carbocycles. The molecule has 0 bridgehead atoms. The van der Waals surface area contributed by atoms with Gasteiger partial charge in [0.05, 0.1) is 22.9 Å². The van der Waals surface area contributed by atoms with Crippen molar-refractivity contribution < 1.29 is 13.2 Å². The van der Waals surface area contributed by atoms with Crippen LogP contribution >= 0.6 is 11.6 Å². The predicted molar refractivity (Wildman–Crippen MR) is 107 cm³/mol. The molecule has 3 aromatic rings. The summed E-state index contributed by atoms with van der Waals surface area (Å²) in [4.78, 5) is 12.8. The molecule has 0 saturated heterocycles. The molecule has 0 radical (unpaired) electrons. The maximum absolute atomic E-state index is 13.1. The first-order valence-electron chi connectivity index (χ1n) is 8.60. The number of sulfone groups is 1. The minimum absolute atomic E-state index is 0.0355. The van der Waals surface area contributed by atoms with Gasteiger partial charge in [-0.2, -0.15) is 0 Å². The van der Waals surface area contributed by atoms with Crippen molar-refractivity contribution in [1.82, 2.24) is 4.57 Å². The van der Waals surface area contributed by atoms with Crippen LogP contribution in [0, 0.1) is 0 Å². The number of rotatable bonds is 6. The number of methoxy groups -OCH3 is 1. The molecule has 1 aromatic heterocycles. The Labute approximate surface area is 163 Å². The number of nitrogens with zero attached hydrogens (tertiary/aromatic N) is 1. The second-order valence-electron chi connectivity index (χ2n) is 6.21. The van der Waals surface area contributed by atoms with E-state index >= 15 is 0 Å². The summed E-state index contributed by atoms with van der Waals surface area (Å²) in [6, 6.07) is 10.9. The van der Waals surface area contributed by atoms with E-state index in [1.807, 2.05) is 4.57 Å². The largest absolute Gasteiger partial charge is 0.497 e. The molecule has 2 aromatic carbocycles. The molecule has 0 spiro atoms. The van der Waals surface area contributed by atoms with Crippen LogP contribution in [0.1, 0.15) is 19.8 Å². The number of pyridine rings is 1. The van der Waals surface area contributed by atoms with Gasteiger partial charge in [-0.25, -0.2) is 8.42 Å².